The van der Waals surface area contributed by atoms with Gasteiger partial charge in [0.2, 0.25) is 0 Å². The molecule has 0 fully saturated rings. The topological polar surface area (TPSA) is 0 Å². The van der Waals surface area contributed by atoms with Crippen LogP contribution < -0.4 is 0 Å². The van der Waals surface area contributed by atoms with Gasteiger partial charge in [-0.05, 0) is 26.4 Å². The molecule has 1 rings (SSSR count). The van der Waals surface area contributed by atoms with Crippen molar-refractivity contribution in [1.29, 1.82) is 0 Å². The monoisotopic (exact) mass is 296 g/mol. The molecule has 1 aromatic rings. The Hall–Kier alpha value is 1.10. The van der Waals surface area contributed by atoms with E-state index in [4.69, 9.17) is 0 Å². The van der Waals surface area contributed by atoms with Crippen LogP contribution in [0.25, 0.3) is 0 Å². The number of hydrogen-bond donors (Lipinski definition) is 0. The van der Waals surface area contributed by atoms with Gasteiger partial charge in [-0.15, -0.1) is 34.9 Å². The van der Waals surface area contributed by atoms with Crippen molar-refractivity contribution in [3.8, 4) is 0 Å². The van der Waals surface area contributed by atoms with Crippen molar-refractivity contribution in [1.82, 2.24) is 0 Å². The number of thioether (sulfide) groups is 4. The lowest BCUT2D eigenvalue weighted by Gasteiger charge is -2.04. The normalized spacial score (nSPS) is 10.9. The fraction of sp³-hybridized carbons (Fsp3) is 0.600. The van der Waals surface area contributed by atoms with Gasteiger partial charge in [-0.25, -0.2) is 0 Å². The Morgan fingerprint density at radius 1 is 0.867 bits per heavy atom. The van der Waals surface area contributed by atoms with Crippen molar-refractivity contribution in [3.05, 3.63) is 9.75 Å². The maximum atomic E-state index is 2.24. The minimum atomic E-state index is 1.16. The Morgan fingerprint density at radius 3 is 1.60 bits per heavy atom. The SMILES string of the molecule is CSCSc1c(C)sc(C)c1SCSC. The molecule has 1 aromatic heterocycles. The van der Waals surface area contributed by atoms with E-state index in [1.807, 2.05) is 58.4 Å². The van der Waals surface area contributed by atoms with Gasteiger partial charge in [0.1, 0.15) is 0 Å². The van der Waals surface area contributed by atoms with Crippen molar-refractivity contribution < 1.29 is 0 Å². The predicted molar refractivity (Wildman–Crippen MR) is 82.3 cm³/mol. The van der Waals surface area contributed by atoms with Crippen LogP contribution in [-0.2, 0) is 0 Å². The van der Waals surface area contributed by atoms with Crippen molar-refractivity contribution >= 4 is 58.4 Å². The molecule has 0 amide bonds. The summed E-state index contributed by atoms with van der Waals surface area (Å²) in [6, 6.07) is 0. The molecule has 86 valence electrons. The molecular weight excluding hydrogens is 280 g/mol. The van der Waals surface area contributed by atoms with Gasteiger partial charge in [-0.2, -0.15) is 23.5 Å². The molecule has 0 N–H and O–H groups in total. The average Bonchev–Trinajstić information content (AvgIpc) is 2.47. The standard InChI is InChI=1S/C10H16S5/c1-7-9(13-5-11-3)10(8(2)15-7)14-6-12-4/h5-6H2,1-4H3. The highest BCUT2D eigenvalue weighted by Crippen LogP contribution is 2.42. The van der Waals surface area contributed by atoms with Crippen LogP contribution in [0.5, 0.6) is 0 Å². The number of aryl methyl sites for hydroxylation is 2. The molecule has 0 aliphatic carbocycles. The summed E-state index contributed by atoms with van der Waals surface area (Å²) in [4.78, 5) is 6.00. The van der Waals surface area contributed by atoms with E-state index in [2.05, 4.69) is 26.4 Å². The highest BCUT2D eigenvalue weighted by atomic mass is 32.2. The zero-order valence-corrected chi connectivity index (χ0v) is 13.5. The van der Waals surface area contributed by atoms with Gasteiger partial charge >= 0.3 is 0 Å². The fourth-order valence-electron chi connectivity index (χ4n) is 1.21. The third-order valence-electron chi connectivity index (χ3n) is 1.79. The first kappa shape index (κ1) is 14.2. The molecule has 0 atom stereocenters. The Morgan fingerprint density at radius 2 is 1.27 bits per heavy atom. The first-order valence-electron chi connectivity index (χ1n) is 4.54. The maximum Gasteiger partial charge on any atom is 0.0437 e. The largest absolute Gasteiger partial charge is 0.154 e. The molecule has 0 saturated carbocycles. The summed E-state index contributed by atoms with van der Waals surface area (Å²) >= 11 is 9.71. The van der Waals surface area contributed by atoms with Crippen molar-refractivity contribution in [2.24, 2.45) is 0 Å². The van der Waals surface area contributed by atoms with Crippen LogP contribution in [0.3, 0.4) is 0 Å². The van der Waals surface area contributed by atoms with Gasteiger partial charge in [-0.1, -0.05) is 0 Å². The summed E-state index contributed by atoms with van der Waals surface area (Å²) in [6.07, 6.45) is 4.33. The van der Waals surface area contributed by atoms with Crippen LogP contribution in [0.15, 0.2) is 9.79 Å². The molecule has 5 heteroatoms. The lowest BCUT2D eigenvalue weighted by atomic mass is 10.4. The summed E-state index contributed by atoms with van der Waals surface area (Å²) in [7, 11) is 0. The second kappa shape index (κ2) is 7.43. The minimum absolute atomic E-state index is 1.16. The lowest BCUT2D eigenvalue weighted by molar-refractivity contribution is 1.23. The number of thiophene rings is 1. The van der Waals surface area contributed by atoms with Gasteiger partial charge in [0.25, 0.3) is 0 Å². The van der Waals surface area contributed by atoms with Gasteiger partial charge in [0.15, 0.2) is 0 Å². The van der Waals surface area contributed by atoms with Crippen LogP contribution in [0.2, 0.25) is 0 Å². The van der Waals surface area contributed by atoms with Crippen LogP contribution in [0.1, 0.15) is 9.75 Å². The molecular formula is C10H16S5. The van der Waals surface area contributed by atoms with Gasteiger partial charge < -0.3 is 0 Å². The van der Waals surface area contributed by atoms with Crippen LogP contribution in [0.4, 0.5) is 0 Å². The first-order chi connectivity index (χ1) is 7.20. The summed E-state index contributed by atoms with van der Waals surface area (Å²) in [5.41, 5.74) is 0. The molecule has 0 saturated heterocycles. The molecule has 0 unspecified atom stereocenters. The Kier molecular flexibility index (Phi) is 7.02. The molecule has 0 aromatic carbocycles. The lowest BCUT2D eigenvalue weighted by Crippen LogP contribution is -1.79. The van der Waals surface area contributed by atoms with E-state index in [0.29, 0.717) is 0 Å². The molecule has 0 spiro atoms. The van der Waals surface area contributed by atoms with E-state index >= 15 is 0 Å². The summed E-state index contributed by atoms with van der Waals surface area (Å²) < 4.78 is 0. The quantitative estimate of drug-likeness (QED) is 0.523. The Balaban J connectivity index is 2.80. The third-order valence-corrected chi connectivity index (χ3v) is 7.63. The zero-order valence-electron chi connectivity index (χ0n) is 9.46. The third kappa shape index (κ3) is 4.11. The Bertz CT molecular complexity index is 277. The Labute approximate surface area is 114 Å². The van der Waals surface area contributed by atoms with Gasteiger partial charge in [0, 0.05) is 29.7 Å². The van der Waals surface area contributed by atoms with Crippen LogP contribution in [0, 0.1) is 13.8 Å². The molecule has 0 nitrogen and oxygen atoms in total. The average molecular weight is 297 g/mol. The maximum absolute atomic E-state index is 2.24. The molecule has 0 radical (unpaired) electrons. The van der Waals surface area contributed by atoms with Gasteiger partial charge in [0.05, 0.1) is 0 Å². The van der Waals surface area contributed by atoms with E-state index in [0.717, 1.165) is 10.2 Å². The molecule has 0 aliphatic rings. The molecule has 15 heavy (non-hydrogen) atoms. The minimum Gasteiger partial charge on any atom is -0.154 e. The summed E-state index contributed by atoms with van der Waals surface area (Å²) in [5, 5.41) is 2.31. The van der Waals surface area contributed by atoms with E-state index in [9.17, 15) is 0 Å². The smallest absolute Gasteiger partial charge is 0.0437 e. The number of rotatable bonds is 6. The first-order valence-corrected chi connectivity index (χ1v) is 10.1. The van der Waals surface area contributed by atoms with E-state index in [-0.39, 0.29) is 0 Å². The predicted octanol–water partition coefficient (Wildman–Crippen LogP) is 5.19. The van der Waals surface area contributed by atoms with E-state index in [1.54, 1.807) is 0 Å². The number of hydrogen-bond acceptors (Lipinski definition) is 5. The zero-order chi connectivity index (χ0) is 11.3. The van der Waals surface area contributed by atoms with Crippen molar-refractivity contribution in [2.45, 2.75) is 23.6 Å². The van der Waals surface area contributed by atoms with Crippen LogP contribution in [-0.4, -0.2) is 22.7 Å². The fourth-order valence-corrected chi connectivity index (χ4v) is 6.01. The molecule has 1 heterocycles. The van der Waals surface area contributed by atoms with Crippen molar-refractivity contribution in [2.75, 3.05) is 22.7 Å². The van der Waals surface area contributed by atoms with E-state index in [1.165, 1.54) is 19.5 Å². The summed E-state index contributed by atoms with van der Waals surface area (Å²) in [6.45, 7) is 4.48. The van der Waals surface area contributed by atoms with E-state index < -0.39 is 0 Å². The second-order valence-electron chi connectivity index (χ2n) is 2.97. The van der Waals surface area contributed by atoms with Crippen LogP contribution >= 0.6 is 58.4 Å². The van der Waals surface area contributed by atoms with Gasteiger partial charge in [-0.3, -0.25) is 0 Å². The molecule has 0 bridgehead atoms. The summed E-state index contributed by atoms with van der Waals surface area (Å²) in [5.74, 6) is 0. The molecule has 0 aliphatic heterocycles. The van der Waals surface area contributed by atoms with Crippen molar-refractivity contribution in [3.63, 3.8) is 0 Å². The highest BCUT2D eigenvalue weighted by molar-refractivity contribution is 8.17. The second-order valence-corrected chi connectivity index (χ2v) is 8.84. The highest BCUT2D eigenvalue weighted by Gasteiger charge is 2.13.